The molecule has 0 amide bonds. The van der Waals surface area contributed by atoms with Crippen LogP contribution in [0.15, 0.2) is 18.2 Å². The fourth-order valence-electron chi connectivity index (χ4n) is 2.04. The van der Waals surface area contributed by atoms with Gasteiger partial charge in [-0.1, -0.05) is 44.0 Å². The maximum atomic E-state index is 2.36. The molecule has 2 rings (SSSR count). The number of benzene rings is 1. The summed E-state index contributed by atoms with van der Waals surface area (Å²) in [5, 5.41) is 0. The van der Waals surface area contributed by atoms with E-state index in [2.05, 4.69) is 25.1 Å². The van der Waals surface area contributed by atoms with Gasteiger partial charge in [-0.25, -0.2) is 0 Å². The monoisotopic (exact) mass is 190 g/mol. The minimum Gasteiger partial charge on any atom is -0.0683 e. The van der Waals surface area contributed by atoms with Crippen molar-refractivity contribution in [1.82, 2.24) is 0 Å². The zero-order valence-corrected chi connectivity index (χ0v) is 9.77. The van der Waals surface area contributed by atoms with E-state index < -0.39 is 0 Å². The molecular formula is C14H22. The Bertz CT molecular complexity index is 273. The molecule has 0 spiro atoms. The highest BCUT2D eigenvalue weighted by atomic mass is 14.1. The van der Waals surface area contributed by atoms with E-state index >= 15 is 0 Å². The summed E-state index contributed by atoms with van der Waals surface area (Å²) in [4.78, 5) is 0. The zero-order valence-electron chi connectivity index (χ0n) is 9.77. The highest BCUT2D eigenvalue weighted by molar-refractivity contribution is 5.32. The Morgan fingerprint density at radius 2 is 1.50 bits per heavy atom. The molecule has 0 heteroatoms. The van der Waals surface area contributed by atoms with Crippen LogP contribution in [0.4, 0.5) is 0 Å². The van der Waals surface area contributed by atoms with Crippen molar-refractivity contribution in [2.75, 3.05) is 0 Å². The van der Waals surface area contributed by atoms with E-state index in [1.165, 1.54) is 37.7 Å². The van der Waals surface area contributed by atoms with E-state index in [1.807, 2.05) is 13.8 Å². The maximum absolute atomic E-state index is 2.36. The lowest BCUT2D eigenvalue weighted by Gasteiger charge is -2.05. The molecule has 0 aromatic heterocycles. The number of hydrogen-bond acceptors (Lipinski definition) is 0. The van der Waals surface area contributed by atoms with Gasteiger partial charge in [0.2, 0.25) is 0 Å². The topological polar surface area (TPSA) is 0 Å². The van der Waals surface area contributed by atoms with Gasteiger partial charge in [0.25, 0.3) is 0 Å². The summed E-state index contributed by atoms with van der Waals surface area (Å²) in [6.07, 6.45) is 6.78. The van der Waals surface area contributed by atoms with Crippen molar-refractivity contribution < 1.29 is 0 Å². The first kappa shape index (κ1) is 11.3. The van der Waals surface area contributed by atoms with Gasteiger partial charge in [-0.3, -0.25) is 0 Å². The van der Waals surface area contributed by atoms with Gasteiger partial charge < -0.3 is 0 Å². The summed E-state index contributed by atoms with van der Waals surface area (Å²) < 4.78 is 0. The van der Waals surface area contributed by atoms with Gasteiger partial charge >= 0.3 is 0 Å². The quantitative estimate of drug-likeness (QED) is 0.535. The smallest absolute Gasteiger partial charge is 0.0276 e. The van der Waals surface area contributed by atoms with Crippen molar-refractivity contribution in [2.24, 2.45) is 0 Å². The summed E-state index contributed by atoms with van der Waals surface area (Å²) >= 11 is 0. The predicted octanol–water partition coefficient (Wildman–Crippen LogP) is 4.29. The molecule has 0 nitrogen and oxygen atoms in total. The van der Waals surface area contributed by atoms with Crippen LogP contribution in [0.3, 0.4) is 0 Å². The van der Waals surface area contributed by atoms with Crippen molar-refractivity contribution >= 4 is 0 Å². The number of aryl methyl sites for hydroxylation is 3. The largest absolute Gasteiger partial charge is 0.0683 e. The highest BCUT2D eigenvalue weighted by Crippen LogP contribution is 2.21. The molecular weight excluding hydrogens is 168 g/mol. The fraction of sp³-hybridized carbons (Fsp3) is 0.571. The molecule has 78 valence electrons. The van der Waals surface area contributed by atoms with Crippen LogP contribution >= 0.6 is 0 Å². The third kappa shape index (κ3) is 2.87. The van der Waals surface area contributed by atoms with E-state index in [1.54, 1.807) is 11.1 Å². The summed E-state index contributed by atoms with van der Waals surface area (Å²) in [7, 11) is 0. The average molecular weight is 190 g/mol. The molecule has 0 heterocycles. The summed E-state index contributed by atoms with van der Waals surface area (Å²) in [5.41, 5.74) is 4.61. The molecule has 0 unspecified atom stereocenters. The van der Waals surface area contributed by atoms with Gasteiger partial charge in [0.1, 0.15) is 0 Å². The van der Waals surface area contributed by atoms with Crippen LogP contribution < -0.4 is 0 Å². The van der Waals surface area contributed by atoms with E-state index in [0.29, 0.717) is 0 Å². The normalized spacial score (nSPS) is 14.8. The Morgan fingerprint density at radius 3 is 2.21 bits per heavy atom. The van der Waals surface area contributed by atoms with E-state index in [9.17, 15) is 0 Å². The molecule has 14 heavy (non-hydrogen) atoms. The maximum Gasteiger partial charge on any atom is -0.0276 e. The van der Waals surface area contributed by atoms with Gasteiger partial charge in [-0.2, -0.15) is 0 Å². The minimum absolute atomic E-state index is 1.30. The van der Waals surface area contributed by atoms with Crippen molar-refractivity contribution in [3.8, 4) is 0 Å². The van der Waals surface area contributed by atoms with E-state index in [0.717, 1.165) is 0 Å². The van der Waals surface area contributed by atoms with Crippen LogP contribution in [0.1, 0.15) is 49.8 Å². The van der Waals surface area contributed by atoms with Gasteiger partial charge in [-0.05, 0) is 43.7 Å². The standard InChI is InChI=1S/C12H16.C2H6/c1-10-7-8-11-5-3-2-4-6-12(11)9-10;1-2/h7-9H,2-6H2,1H3;1-2H3. The molecule has 0 atom stereocenters. The first-order chi connectivity index (χ1) is 6.86. The molecule has 0 aliphatic heterocycles. The second kappa shape index (κ2) is 5.85. The summed E-state index contributed by atoms with van der Waals surface area (Å²) in [5.74, 6) is 0. The average Bonchev–Trinajstić information content (AvgIpc) is 2.45. The van der Waals surface area contributed by atoms with Crippen LogP contribution in [0.25, 0.3) is 0 Å². The zero-order chi connectivity index (χ0) is 10.4. The van der Waals surface area contributed by atoms with Gasteiger partial charge in [0.15, 0.2) is 0 Å². The number of rotatable bonds is 0. The van der Waals surface area contributed by atoms with Crippen LogP contribution in [0, 0.1) is 6.92 Å². The van der Waals surface area contributed by atoms with Crippen molar-refractivity contribution in [2.45, 2.75) is 52.9 Å². The summed E-state index contributed by atoms with van der Waals surface area (Å²) in [6, 6.07) is 6.92. The second-order valence-corrected chi connectivity index (χ2v) is 3.83. The molecule has 1 aliphatic carbocycles. The van der Waals surface area contributed by atoms with Crippen LogP contribution in [-0.4, -0.2) is 0 Å². The lowest BCUT2D eigenvalue weighted by atomic mass is 10.0. The molecule has 0 fully saturated rings. The Labute approximate surface area is 88.4 Å². The Hall–Kier alpha value is -0.780. The number of fused-ring (bicyclic) bond motifs is 1. The second-order valence-electron chi connectivity index (χ2n) is 3.83. The van der Waals surface area contributed by atoms with Crippen LogP contribution in [0.5, 0.6) is 0 Å². The molecule has 1 aliphatic rings. The Balaban J connectivity index is 0.000000461. The summed E-state index contributed by atoms with van der Waals surface area (Å²) in [6.45, 7) is 6.19. The third-order valence-corrected chi connectivity index (χ3v) is 2.75. The molecule has 1 aromatic rings. The van der Waals surface area contributed by atoms with Crippen LogP contribution in [-0.2, 0) is 12.8 Å². The van der Waals surface area contributed by atoms with Crippen molar-refractivity contribution in [3.05, 3.63) is 34.9 Å². The Kier molecular flexibility index (Phi) is 4.72. The van der Waals surface area contributed by atoms with E-state index in [-0.39, 0.29) is 0 Å². The third-order valence-electron chi connectivity index (χ3n) is 2.75. The van der Waals surface area contributed by atoms with Gasteiger partial charge in [-0.15, -0.1) is 0 Å². The molecule has 0 bridgehead atoms. The molecule has 1 aromatic carbocycles. The molecule has 0 saturated heterocycles. The lowest BCUT2D eigenvalue weighted by Crippen LogP contribution is -1.90. The number of hydrogen-bond donors (Lipinski definition) is 0. The Morgan fingerprint density at radius 1 is 0.857 bits per heavy atom. The first-order valence-corrected chi connectivity index (χ1v) is 5.95. The van der Waals surface area contributed by atoms with Crippen LogP contribution in [0.2, 0.25) is 0 Å². The van der Waals surface area contributed by atoms with Crippen molar-refractivity contribution in [1.29, 1.82) is 0 Å². The van der Waals surface area contributed by atoms with Gasteiger partial charge in [0.05, 0.1) is 0 Å². The molecule has 0 radical (unpaired) electrons. The SMILES string of the molecule is CC.Cc1ccc2c(c1)CCCCC2. The van der Waals surface area contributed by atoms with Gasteiger partial charge in [0, 0.05) is 0 Å². The molecule has 0 saturated carbocycles. The fourth-order valence-corrected chi connectivity index (χ4v) is 2.04. The van der Waals surface area contributed by atoms with Crippen molar-refractivity contribution in [3.63, 3.8) is 0 Å². The first-order valence-electron chi connectivity index (χ1n) is 5.95. The highest BCUT2D eigenvalue weighted by Gasteiger charge is 2.06. The van der Waals surface area contributed by atoms with E-state index in [4.69, 9.17) is 0 Å². The molecule has 0 N–H and O–H groups in total. The minimum atomic E-state index is 1.30. The lowest BCUT2D eigenvalue weighted by molar-refractivity contribution is 0.711. The predicted molar refractivity (Wildman–Crippen MR) is 63.8 cm³/mol.